The summed E-state index contributed by atoms with van der Waals surface area (Å²) in [5.74, 6) is 0.699. The van der Waals surface area contributed by atoms with Gasteiger partial charge in [-0.2, -0.15) is 4.99 Å². The average Bonchev–Trinajstić information content (AvgIpc) is 2.92. The maximum absolute atomic E-state index is 12.2. The summed E-state index contributed by atoms with van der Waals surface area (Å²) >= 11 is 1.53. The van der Waals surface area contributed by atoms with Crippen molar-refractivity contribution in [1.29, 1.82) is 0 Å². The molecule has 0 fully saturated rings. The lowest BCUT2D eigenvalue weighted by atomic mass is 10.1. The molecule has 5 heteroatoms. The number of methoxy groups -OCH3 is 1. The summed E-state index contributed by atoms with van der Waals surface area (Å²) in [5.41, 5.74) is 3.29. The molecule has 0 spiro atoms. The molecule has 0 unspecified atom stereocenters. The number of nitrogens with zero attached hydrogens (tertiary/aromatic N) is 2. The van der Waals surface area contributed by atoms with Crippen molar-refractivity contribution in [2.24, 2.45) is 12.0 Å². The second kappa shape index (κ2) is 7.01. The lowest BCUT2D eigenvalue weighted by Crippen LogP contribution is -2.13. The number of hydrogen-bond donors (Lipinski definition) is 0. The van der Waals surface area contributed by atoms with Gasteiger partial charge in [-0.05, 0) is 30.5 Å². The Morgan fingerprint density at radius 1 is 1.21 bits per heavy atom. The van der Waals surface area contributed by atoms with E-state index in [0.29, 0.717) is 17.6 Å². The summed E-state index contributed by atoms with van der Waals surface area (Å²) in [7, 11) is 3.58. The molecule has 0 aliphatic heterocycles. The van der Waals surface area contributed by atoms with Crippen LogP contribution in [-0.2, 0) is 18.3 Å². The first-order valence-corrected chi connectivity index (χ1v) is 8.66. The molecule has 0 bridgehead atoms. The van der Waals surface area contributed by atoms with E-state index < -0.39 is 0 Å². The molecule has 0 saturated heterocycles. The Balaban J connectivity index is 1.91. The Morgan fingerprint density at radius 2 is 1.96 bits per heavy atom. The molecule has 1 aromatic heterocycles. The van der Waals surface area contributed by atoms with Gasteiger partial charge in [-0.15, -0.1) is 0 Å². The van der Waals surface area contributed by atoms with Gasteiger partial charge in [0.2, 0.25) is 5.91 Å². The molecule has 0 aliphatic carbocycles. The first kappa shape index (κ1) is 16.5. The topological polar surface area (TPSA) is 43.6 Å². The van der Waals surface area contributed by atoms with Crippen molar-refractivity contribution in [1.82, 2.24) is 4.57 Å². The monoisotopic (exact) mass is 340 g/mol. The van der Waals surface area contributed by atoms with Gasteiger partial charge in [-0.25, -0.2) is 0 Å². The third-order valence-corrected chi connectivity index (χ3v) is 5.28. The van der Waals surface area contributed by atoms with Gasteiger partial charge in [0, 0.05) is 13.5 Å². The number of aromatic nitrogens is 1. The van der Waals surface area contributed by atoms with E-state index in [1.165, 1.54) is 11.3 Å². The molecule has 3 rings (SSSR count). The molecular weight excluding hydrogens is 320 g/mol. The van der Waals surface area contributed by atoms with Gasteiger partial charge in [0.05, 0.1) is 11.8 Å². The number of thiazole rings is 1. The molecule has 1 amide bonds. The van der Waals surface area contributed by atoms with Crippen molar-refractivity contribution >= 4 is 27.5 Å². The Hall–Kier alpha value is -2.40. The van der Waals surface area contributed by atoms with Crippen molar-refractivity contribution < 1.29 is 9.53 Å². The third-order valence-electron chi connectivity index (χ3n) is 4.02. The normalized spacial score (nSPS) is 11.9. The first-order chi connectivity index (χ1) is 11.6. The third kappa shape index (κ3) is 3.26. The number of carbonyl (C=O) groups excluding carboxylic acids is 1. The van der Waals surface area contributed by atoms with E-state index in [1.807, 2.05) is 54.1 Å². The van der Waals surface area contributed by atoms with Crippen molar-refractivity contribution in [3.05, 3.63) is 58.4 Å². The number of benzene rings is 2. The lowest BCUT2D eigenvalue weighted by Gasteiger charge is -2.05. The molecule has 2 aromatic carbocycles. The van der Waals surface area contributed by atoms with E-state index in [-0.39, 0.29) is 5.91 Å². The number of aryl methyl sites for hydroxylation is 3. The molecule has 0 saturated carbocycles. The van der Waals surface area contributed by atoms with Gasteiger partial charge in [0.15, 0.2) is 4.80 Å². The predicted molar refractivity (Wildman–Crippen MR) is 97.4 cm³/mol. The number of fused-ring (bicyclic) bond motifs is 1. The Bertz CT molecular complexity index is 939. The van der Waals surface area contributed by atoms with Crippen molar-refractivity contribution in [3.63, 3.8) is 0 Å². The van der Waals surface area contributed by atoms with E-state index in [4.69, 9.17) is 4.74 Å². The van der Waals surface area contributed by atoms with Crippen molar-refractivity contribution in [2.45, 2.75) is 19.8 Å². The fraction of sp³-hybridized carbons (Fsp3) is 0.263. The second-order valence-electron chi connectivity index (χ2n) is 5.70. The summed E-state index contributed by atoms with van der Waals surface area (Å²) in [6.45, 7) is 2.05. The summed E-state index contributed by atoms with van der Waals surface area (Å²) in [6.07, 6.45) is 1.12. The number of ether oxygens (including phenoxy) is 1. The molecule has 1 heterocycles. The second-order valence-corrected chi connectivity index (χ2v) is 6.67. The van der Waals surface area contributed by atoms with Crippen LogP contribution in [0.2, 0.25) is 0 Å². The highest BCUT2D eigenvalue weighted by Crippen LogP contribution is 2.29. The minimum absolute atomic E-state index is 0.0994. The zero-order chi connectivity index (χ0) is 17.1. The van der Waals surface area contributed by atoms with Crippen molar-refractivity contribution in [3.8, 4) is 5.75 Å². The molecule has 0 atom stereocenters. The first-order valence-electron chi connectivity index (χ1n) is 7.84. The van der Waals surface area contributed by atoms with Crippen molar-refractivity contribution in [2.75, 3.05) is 7.11 Å². The molecule has 124 valence electrons. The van der Waals surface area contributed by atoms with E-state index >= 15 is 0 Å². The predicted octanol–water partition coefficient (Wildman–Crippen LogP) is 3.62. The Kier molecular flexibility index (Phi) is 4.81. The van der Waals surface area contributed by atoms with Crippen LogP contribution in [0, 0.1) is 6.92 Å². The number of hydrogen-bond acceptors (Lipinski definition) is 3. The van der Waals surface area contributed by atoms with Crippen LogP contribution in [0.15, 0.2) is 47.5 Å². The van der Waals surface area contributed by atoms with E-state index in [9.17, 15) is 4.79 Å². The molecular formula is C19H20N2O2S. The number of rotatable bonds is 4. The van der Waals surface area contributed by atoms with Gasteiger partial charge < -0.3 is 9.30 Å². The highest BCUT2D eigenvalue weighted by molar-refractivity contribution is 7.16. The van der Waals surface area contributed by atoms with Crippen LogP contribution < -0.4 is 9.54 Å². The van der Waals surface area contributed by atoms with E-state index in [0.717, 1.165) is 27.1 Å². The summed E-state index contributed by atoms with van der Waals surface area (Å²) in [4.78, 5) is 17.3. The van der Waals surface area contributed by atoms with Crippen LogP contribution in [0.5, 0.6) is 5.75 Å². The molecule has 24 heavy (non-hydrogen) atoms. The summed E-state index contributed by atoms with van der Waals surface area (Å²) in [5, 5.41) is 0. The summed E-state index contributed by atoms with van der Waals surface area (Å²) in [6, 6.07) is 14.0. The fourth-order valence-corrected chi connectivity index (χ4v) is 3.80. The van der Waals surface area contributed by atoms with Crippen LogP contribution in [0.4, 0.5) is 0 Å². The molecule has 0 N–H and O–H groups in total. The number of amides is 1. The molecule has 4 nitrogen and oxygen atoms in total. The highest BCUT2D eigenvalue weighted by atomic mass is 32.1. The lowest BCUT2D eigenvalue weighted by molar-refractivity contribution is -0.118. The minimum Gasteiger partial charge on any atom is -0.495 e. The average molecular weight is 340 g/mol. The fourth-order valence-electron chi connectivity index (χ4n) is 2.68. The van der Waals surface area contributed by atoms with Crippen LogP contribution >= 0.6 is 11.3 Å². The van der Waals surface area contributed by atoms with Gasteiger partial charge >= 0.3 is 0 Å². The molecule has 0 radical (unpaired) electrons. The van der Waals surface area contributed by atoms with Gasteiger partial charge in [0.1, 0.15) is 11.3 Å². The maximum Gasteiger partial charge on any atom is 0.248 e. The van der Waals surface area contributed by atoms with Crippen LogP contribution in [-0.4, -0.2) is 17.6 Å². The minimum atomic E-state index is -0.0994. The van der Waals surface area contributed by atoms with Gasteiger partial charge in [-0.3, -0.25) is 4.79 Å². The van der Waals surface area contributed by atoms with Crippen LogP contribution in [0.1, 0.15) is 17.5 Å². The summed E-state index contributed by atoms with van der Waals surface area (Å²) < 4.78 is 8.49. The Labute approximate surface area is 145 Å². The molecule has 3 aromatic rings. The van der Waals surface area contributed by atoms with Crippen LogP contribution in [0.3, 0.4) is 0 Å². The smallest absolute Gasteiger partial charge is 0.248 e. The van der Waals surface area contributed by atoms with E-state index in [1.54, 1.807) is 7.11 Å². The largest absolute Gasteiger partial charge is 0.495 e. The number of carbonyl (C=O) groups is 1. The van der Waals surface area contributed by atoms with Gasteiger partial charge in [0.25, 0.3) is 0 Å². The quantitative estimate of drug-likeness (QED) is 0.728. The SMILES string of the molecule is COc1ccc(C)c2sc(=NC(=O)CCc3ccccc3)n(C)c12. The van der Waals surface area contributed by atoms with Crippen LogP contribution in [0.25, 0.3) is 10.2 Å². The van der Waals surface area contributed by atoms with Gasteiger partial charge in [-0.1, -0.05) is 47.7 Å². The highest BCUT2D eigenvalue weighted by Gasteiger charge is 2.12. The zero-order valence-electron chi connectivity index (χ0n) is 14.1. The molecule has 0 aliphatic rings. The standard InChI is InChI=1S/C19H20N2O2S/c1-13-9-11-15(23-3)17-18(13)24-19(21(17)2)20-16(22)12-10-14-7-5-4-6-8-14/h4-9,11H,10,12H2,1-3H3. The van der Waals surface area contributed by atoms with E-state index in [2.05, 4.69) is 11.9 Å². The maximum atomic E-state index is 12.2. The Morgan fingerprint density at radius 3 is 2.67 bits per heavy atom. The zero-order valence-corrected chi connectivity index (χ0v) is 14.9.